The smallest absolute Gasteiger partial charge is 0.243 e. The third-order valence-electron chi connectivity index (χ3n) is 5.27. The topological polar surface area (TPSA) is 88.9 Å². The second-order valence-electron chi connectivity index (χ2n) is 7.86. The fraction of sp³-hybridized carbons (Fsp3) is 0.154. The van der Waals surface area contributed by atoms with Gasteiger partial charge < -0.3 is 10.6 Å². The summed E-state index contributed by atoms with van der Waals surface area (Å²) in [6.07, 6.45) is 0. The first-order valence-electron chi connectivity index (χ1n) is 10.9. The van der Waals surface area contributed by atoms with Gasteiger partial charge in [0.25, 0.3) is 0 Å². The van der Waals surface area contributed by atoms with Crippen molar-refractivity contribution in [3.8, 4) is 17.1 Å². The van der Waals surface area contributed by atoms with Gasteiger partial charge in [0.2, 0.25) is 11.8 Å². The van der Waals surface area contributed by atoms with Gasteiger partial charge in [-0.25, -0.2) is 4.39 Å². The van der Waals surface area contributed by atoms with Gasteiger partial charge >= 0.3 is 0 Å². The van der Waals surface area contributed by atoms with Crippen molar-refractivity contribution in [3.63, 3.8) is 0 Å². The molecule has 0 atom stereocenters. The molecule has 0 radical (unpaired) electrons. The van der Waals surface area contributed by atoms with E-state index in [4.69, 9.17) is 0 Å². The molecule has 0 spiro atoms. The average Bonchev–Trinajstić information content (AvgIpc) is 3.29. The standard InChI is InChI=1S/C26H24FN5O2S/c1-17-7-6-8-18(2)24(17)29-22(33)15-28-23(34)16-35-26-31-30-25(19-11-13-20(27)14-12-19)32(26)21-9-4-3-5-10-21/h3-14H,15-16H2,1-2H3,(H,28,34)(H,29,33). The van der Waals surface area contributed by atoms with E-state index in [1.165, 1.54) is 23.9 Å². The van der Waals surface area contributed by atoms with Crippen LogP contribution in [0.3, 0.4) is 0 Å². The number of carbonyl (C=O) groups is 2. The molecule has 4 aromatic rings. The highest BCUT2D eigenvalue weighted by Gasteiger charge is 2.18. The summed E-state index contributed by atoms with van der Waals surface area (Å²) in [6, 6.07) is 21.2. The number of hydrogen-bond donors (Lipinski definition) is 2. The summed E-state index contributed by atoms with van der Waals surface area (Å²) in [5, 5.41) is 14.5. The number of benzene rings is 3. The Morgan fingerprint density at radius 1 is 0.886 bits per heavy atom. The molecule has 0 unspecified atom stereocenters. The monoisotopic (exact) mass is 489 g/mol. The fourth-order valence-corrected chi connectivity index (χ4v) is 4.30. The van der Waals surface area contributed by atoms with Crippen LogP contribution in [0.4, 0.5) is 10.1 Å². The van der Waals surface area contributed by atoms with E-state index in [2.05, 4.69) is 20.8 Å². The predicted molar refractivity (Wildman–Crippen MR) is 135 cm³/mol. The zero-order valence-corrected chi connectivity index (χ0v) is 20.1. The van der Waals surface area contributed by atoms with Gasteiger partial charge in [-0.1, -0.05) is 48.2 Å². The first kappa shape index (κ1) is 24.2. The van der Waals surface area contributed by atoms with Gasteiger partial charge in [0, 0.05) is 16.9 Å². The lowest BCUT2D eigenvalue weighted by molar-refractivity contribution is -0.122. The molecule has 4 rings (SSSR count). The first-order chi connectivity index (χ1) is 16.9. The van der Waals surface area contributed by atoms with Gasteiger partial charge in [-0.15, -0.1) is 10.2 Å². The number of thioether (sulfide) groups is 1. The van der Waals surface area contributed by atoms with Crippen molar-refractivity contribution in [1.29, 1.82) is 0 Å². The molecule has 9 heteroatoms. The van der Waals surface area contributed by atoms with Gasteiger partial charge in [0.15, 0.2) is 11.0 Å². The van der Waals surface area contributed by atoms with E-state index in [0.29, 0.717) is 16.5 Å². The fourth-order valence-electron chi connectivity index (χ4n) is 3.51. The van der Waals surface area contributed by atoms with Crippen molar-refractivity contribution < 1.29 is 14.0 Å². The number of rotatable bonds is 8. The Bertz CT molecular complexity index is 1320. The molecule has 0 aliphatic rings. The molecule has 0 saturated heterocycles. The molecular weight excluding hydrogens is 465 g/mol. The number of anilines is 1. The normalized spacial score (nSPS) is 10.7. The Kier molecular flexibility index (Phi) is 7.57. The molecule has 35 heavy (non-hydrogen) atoms. The van der Waals surface area contributed by atoms with Gasteiger partial charge in [-0.05, 0) is 61.4 Å². The zero-order valence-electron chi connectivity index (χ0n) is 19.3. The van der Waals surface area contributed by atoms with Crippen LogP contribution in [-0.4, -0.2) is 38.9 Å². The van der Waals surface area contributed by atoms with Crippen LogP contribution in [0.25, 0.3) is 17.1 Å². The lowest BCUT2D eigenvalue weighted by Crippen LogP contribution is -2.34. The number of halogens is 1. The van der Waals surface area contributed by atoms with Gasteiger partial charge in [-0.2, -0.15) is 0 Å². The largest absolute Gasteiger partial charge is 0.346 e. The minimum atomic E-state index is -0.340. The third-order valence-corrected chi connectivity index (χ3v) is 6.20. The van der Waals surface area contributed by atoms with Crippen molar-refractivity contribution in [2.24, 2.45) is 0 Å². The number of para-hydroxylation sites is 2. The molecule has 0 aliphatic heterocycles. The number of aryl methyl sites for hydroxylation is 2. The van der Waals surface area contributed by atoms with E-state index < -0.39 is 0 Å². The molecule has 0 saturated carbocycles. The van der Waals surface area contributed by atoms with E-state index in [9.17, 15) is 14.0 Å². The quantitative estimate of drug-likeness (QED) is 0.355. The first-order valence-corrected chi connectivity index (χ1v) is 11.9. The number of carbonyl (C=O) groups excluding carboxylic acids is 2. The molecule has 7 nitrogen and oxygen atoms in total. The molecule has 0 bridgehead atoms. The van der Waals surface area contributed by atoms with Crippen LogP contribution in [0.5, 0.6) is 0 Å². The van der Waals surface area contributed by atoms with Crippen LogP contribution >= 0.6 is 11.8 Å². The summed E-state index contributed by atoms with van der Waals surface area (Å²) in [5.41, 5.74) is 4.18. The number of nitrogens with zero attached hydrogens (tertiary/aromatic N) is 3. The molecule has 178 valence electrons. The second-order valence-corrected chi connectivity index (χ2v) is 8.81. The summed E-state index contributed by atoms with van der Waals surface area (Å²) in [7, 11) is 0. The molecule has 2 N–H and O–H groups in total. The van der Waals surface area contributed by atoms with Crippen LogP contribution in [-0.2, 0) is 9.59 Å². The maximum atomic E-state index is 13.4. The maximum Gasteiger partial charge on any atom is 0.243 e. The summed E-state index contributed by atoms with van der Waals surface area (Å²) < 4.78 is 15.2. The van der Waals surface area contributed by atoms with Crippen LogP contribution in [0, 0.1) is 19.7 Å². The predicted octanol–water partition coefficient (Wildman–Crippen LogP) is 4.54. The Morgan fingerprint density at radius 3 is 2.26 bits per heavy atom. The van der Waals surface area contributed by atoms with Crippen LogP contribution in [0.15, 0.2) is 78.0 Å². The minimum absolute atomic E-state index is 0.0467. The highest BCUT2D eigenvalue weighted by atomic mass is 32.2. The molecule has 0 fully saturated rings. The average molecular weight is 490 g/mol. The van der Waals surface area contributed by atoms with Gasteiger partial charge in [-0.3, -0.25) is 14.2 Å². The van der Waals surface area contributed by atoms with E-state index in [-0.39, 0.29) is 29.9 Å². The number of aromatic nitrogens is 3. The number of hydrogen-bond acceptors (Lipinski definition) is 5. The Balaban J connectivity index is 1.42. The van der Waals surface area contributed by atoms with Crippen molar-refractivity contribution >= 4 is 29.3 Å². The number of nitrogens with one attached hydrogen (secondary N) is 2. The highest BCUT2D eigenvalue weighted by Crippen LogP contribution is 2.28. The summed E-state index contributed by atoms with van der Waals surface area (Å²) >= 11 is 1.20. The van der Waals surface area contributed by atoms with E-state index >= 15 is 0 Å². The lowest BCUT2D eigenvalue weighted by Gasteiger charge is -2.12. The summed E-state index contributed by atoms with van der Waals surface area (Å²) in [6.45, 7) is 3.70. The SMILES string of the molecule is Cc1cccc(C)c1NC(=O)CNC(=O)CSc1nnc(-c2ccc(F)cc2)n1-c1ccccc1. The van der Waals surface area contributed by atoms with E-state index in [0.717, 1.165) is 22.5 Å². The molecular formula is C26H24FN5O2S. The van der Waals surface area contributed by atoms with E-state index in [1.807, 2.05) is 66.9 Å². The number of amides is 2. The highest BCUT2D eigenvalue weighted by molar-refractivity contribution is 7.99. The molecule has 1 heterocycles. The van der Waals surface area contributed by atoms with Crippen LogP contribution < -0.4 is 10.6 Å². The molecule has 1 aromatic heterocycles. The molecule has 0 aliphatic carbocycles. The zero-order chi connectivity index (χ0) is 24.8. The molecule has 2 amide bonds. The van der Waals surface area contributed by atoms with Gasteiger partial charge in [0.05, 0.1) is 12.3 Å². The van der Waals surface area contributed by atoms with Crippen LogP contribution in [0.2, 0.25) is 0 Å². The molecule has 3 aromatic carbocycles. The Morgan fingerprint density at radius 2 is 1.57 bits per heavy atom. The van der Waals surface area contributed by atoms with Crippen molar-refractivity contribution in [2.75, 3.05) is 17.6 Å². The minimum Gasteiger partial charge on any atom is -0.346 e. The van der Waals surface area contributed by atoms with Crippen molar-refractivity contribution in [2.45, 2.75) is 19.0 Å². The Labute approximate surface area is 206 Å². The van der Waals surface area contributed by atoms with Crippen molar-refractivity contribution in [3.05, 3.63) is 89.7 Å². The van der Waals surface area contributed by atoms with Gasteiger partial charge in [0.1, 0.15) is 5.82 Å². The second kappa shape index (κ2) is 11.0. The summed E-state index contributed by atoms with van der Waals surface area (Å²) in [4.78, 5) is 24.8. The lowest BCUT2D eigenvalue weighted by atomic mass is 10.1. The Hall–Kier alpha value is -3.98. The summed E-state index contributed by atoms with van der Waals surface area (Å²) in [5.74, 6) is -0.366. The van der Waals surface area contributed by atoms with E-state index in [1.54, 1.807) is 12.1 Å². The third kappa shape index (κ3) is 5.93. The maximum absolute atomic E-state index is 13.4. The van der Waals surface area contributed by atoms with Crippen LogP contribution in [0.1, 0.15) is 11.1 Å². The van der Waals surface area contributed by atoms with Crippen molar-refractivity contribution in [1.82, 2.24) is 20.1 Å².